The Labute approximate surface area is 132 Å². The number of unbranched alkanes of at least 4 members (excludes halogenated alkanes) is 5. The lowest BCUT2D eigenvalue weighted by atomic mass is 9.91. The van der Waals surface area contributed by atoms with Gasteiger partial charge in [0.2, 0.25) is 0 Å². The Morgan fingerprint density at radius 1 is 0.857 bits per heavy atom. The van der Waals surface area contributed by atoms with E-state index in [1.807, 2.05) is 0 Å². The molecule has 2 atom stereocenters. The molecule has 0 heterocycles. The fourth-order valence-electron chi connectivity index (χ4n) is 3.10. The monoisotopic (exact) mass is 298 g/mol. The molecule has 0 bridgehead atoms. The van der Waals surface area contributed by atoms with Gasteiger partial charge in [-0.05, 0) is 31.1 Å². The minimum atomic E-state index is 0.406. The van der Waals surface area contributed by atoms with Gasteiger partial charge in [0.25, 0.3) is 0 Å². The van der Waals surface area contributed by atoms with Crippen molar-refractivity contribution in [2.24, 2.45) is 22.7 Å². The number of hydrogen-bond acceptors (Lipinski definition) is 3. The van der Waals surface area contributed by atoms with E-state index in [0.29, 0.717) is 17.9 Å². The van der Waals surface area contributed by atoms with Gasteiger partial charge in [-0.25, -0.2) is 0 Å². The van der Waals surface area contributed by atoms with Crippen LogP contribution >= 0.6 is 0 Å². The van der Waals surface area contributed by atoms with Crippen LogP contribution in [-0.4, -0.2) is 17.5 Å². The van der Waals surface area contributed by atoms with E-state index < -0.39 is 0 Å². The van der Waals surface area contributed by atoms with Crippen molar-refractivity contribution in [3.8, 4) is 0 Å². The summed E-state index contributed by atoms with van der Waals surface area (Å²) in [6, 6.07) is 0.406. The summed E-state index contributed by atoms with van der Waals surface area (Å²) in [5.74, 6) is 1.16. The van der Waals surface area contributed by atoms with Gasteiger partial charge in [-0.15, -0.1) is 5.16 Å². The summed E-state index contributed by atoms with van der Waals surface area (Å²) in [6.45, 7) is 6.65. The van der Waals surface area contributed by atoms with E-state index in [-0.39, 0.29) is 0 Å². The van der Waals surface area contributed by atoms with Gasteiger partial charge in [0, 0.05) is 12.3 Å². The molecule has 3 N–H and O–H groups in total. The van der Waals surface area contributed by atoms with Gasteiger partial charge in [-0.2, -0.15) is 0 Å². The minimum absolute atomic E-state index is 0.406. The van der Waals surface area contributed by atoms with E-state index in [1.165, 1.54) is 57.8 Å². The quantitative estimate of drug-likeness (QED) is 0.196. The van der Waals surface area contributed by atoms with Crippen LogP contribution in [-0.2, 0) is 0 Å². The van der Waals surface area contributed by atoms with Crippen molar-refractivity contribution in [1.82, 2.24) is 0 Å². The van der Waals surface area contributed by atoms with E-state index in [9.17, 15) is 0 Å². The predicted octanol–water partition coefficient (Wildman–Crippen LogP) is 5.36. The Balaban J connectivity index is 3.44. The van der Waals surface area contributed by atoms with Crippen LogP contribution in [0.1, 0.15) is 91.4 Å². The lowest BCUT2D eigenvalue weighted by molar-refractivity contribution is 0.317. The molecule has 0 aromatic carbocycles. The largest absolute Gasteiger partial charge is 0.411 e. The van der Waals surface area contributed by atoms with Crippen molar-refractivity contribution < 1.29 is 5.21 Å². The summed E-state index contributed by atoms with van der Waals surface area (Å²) in [7, 11) is 0. The highest BCUT2D eigenvalue weighted by atomic mass is 16.4. The van der Waals surface area contributed by atoms with Crippen molar-refractivity contribution in [2.75, 3.05) is 0 Å². The second-order valence-corrected chi connectivity index (χ2v) is 6.37. The van der Waals surface area contributed by atoms with Gasteiger partial charge in [0.15, 0.2) is 0 Å². The molecular formula is C18H38N2O. The predicted molar refractivity (Wildman–Crippen MR) is 93.0 cm³/mol. The van der Waals surface area contributed by atoms with Crippen LogP contribution < -0.4 is 5.73 Å². The van der Waals surface area contributed by atoms with Crippen LogP contribution in [0.25, 0.3) is 0 Å². The van der Waals surface area contributed by atoms with Crippen LogP contribution in [0.4, 0.5) is 0 Å². The van der Waals surface area contributed by atoms with E-state index in [2.05, 4.69) is 25.9 Å². The number of hydrogen-bond donors (Lipinski definition) is 2. The molecule has 0 aliphatic heterocycles. The Morgan fingerprint density at radius 2 is 1.38 bits per heavy atom. The van der Waals surface area contributed by atoms with E-state index >= 15 is 0 Å². The first-order valence-corrected chi connectivity index (χ1v) is 9.12. The lowest BCUT2D eigenvalue weighted by Crippen LogP contribution is -2.29. The second-order valence-electron chi connectivity index (χ2n) is 6.37. The summed E-state index contributed by atoms with van der Waals surface area (Å²) in [5.41, 5.74) is 6.25. The van der Waals surface area contributed by atoms with Gasteiger partial charge in [-0.3, -0.25) is 0 Å². The van der Waals surface area contributed by atoms with Crippen LogP contribution in [0.15, 0.2) is 5.16 Å². The summed E-state index contributed by atoms with van der Waals surface area (Å²) in [6.07, 6.45) is 15.3. The number of oxime groups is 1. The molecule has 3 nitrogen and oxygen atoms in total. The first-order valence-electron chi connectivity index (χ1n) is 9.12. The third-order valence-electron chi connectivity index (χ3n) is 4.82. The third kappa shape index (κ3) is 10.8. The SMILES string of the molecule is CCC(C=NO)CCCCCCCCC(N)C(CC)CC. The second kappa shape index (κ2) is 14.4. The zero-order valence-electron chi connectivity index (χ0n) is 14.6. The third-order valence-corrected chi connectivity index (χ3v) is 4.82. The maximum atomic E-state index is 8.55. The maximum Gasteiger partial charge on any atom is 0.0466 e. The molecule has 0 radical (unpaired) electrons. The summed E-state index contributed by atoms with van der Waals surface area (Å²) in [4.78, 5) is 0. The van der Waals surface area contributed by atoms with E-state index in [1.54, 1.807) is 6.21 Å². The van der Waals surface area contributed by atoms with Crippen molar-refractivity contribution >= 4 is 6.21 Å². The molecular weight excluding hydrogens is 260 g/mol. The van der Waals surface area contributed by atoms with Crippen LogP contribution in [0.5, 0.6) is 0 Å². The lowest BCUT2D eigenvalue weighted by Gasteiger charge is -2.20. The molecule has 126 valence electrons. The zero-order chi connectivity index (χ0) is 15.9. The van der Waals surface area contributed by atoms with Gasteiger partial charge in [0.1, 0.15) is 0 Å². The smallest absolute Gasteiger partial charge is 0.0466 e. The standard InChI is InChI=1S/C18H38N2O/c1-4-16(15-20-21)13-11-9-7-8-10-12-14-18(19)17(5-2)6-3/h15-18,21H,4-14,19H2,1-3H3. The molecule has 3 heteroatoms. The molecule has 0 aromatic heterocycles. The number of nitrogens with two attached hydrogens (primary N) is 1. The van der Waals surface area contributed by atoms with E-state index in [0.717, 1.165) is 12.8 Å². The molecule has 0 spiro atoms. The van der Waals surface area contributed by atoms with Crippen molar-refractivity contribution in [3.05, 3.63) is 0 Å². The van der Waals surface area contributed by atoms with E-state index in [4.69, 9.17) is 10.9 Å². The summed E-state index contributed by atoms with van der Waals surface area (Å²) in [5, 5.41) is 11.7. The fraction of sp³-hybridized carbons (Fsp3) is 0.944. The zero-order valence-corrected chi connectivity index (χ0v) is 14.6. The van der Waals surface area contributed by atoms with Gasteiger partial charge in [0.05, 0.1) is 0 Å². The minimum Gasteiger partial charge on any atom is -0.411 e. The van der Waals surface area contributed by atoms with Crippen LogP contribution in [0.3, 0.4) is 0 Å². The number of rotatable bonds is 14. The average Bonchev–Trinajstić information content (AvgIpc) is 2.49. The maximum absolute atomic E-state index is 8.55. The fourth-order valence-corrected chi connectivity index (χ4v) is 3.10. The van der Waals surface area contributed by atoms with Crippen molar-refractivity contribution in [3.63, 3.8) is 0 Å². The molecule has 21 heavy (non-hydrogen) atoms. The van der Waals surface area contributed by atoms with Crippen molar-refractivity contribution in [2.45, 2.75) is 97.4 Å². The highest BCUT2D eigenvalue weighted by molar-refractivity contribution is 5.59. The normalized spacial score (nSPS) is 14.9. The Kier molecular flexibility index (Phi) is 14.0. The van der Waals surface area contributed by atoms with Gasteiger partial charge < -0.3 is 10.9 Å². The van der Waals surface area contributed by atoms with Crippen LogP contribution in [0.2, 0.25) is 0 Å². The summed E-state index contributed by atoms with van der Waals surface area (Å²) < 4.78 is 0. The Morgan fingerprint density at radius 3 is 1.86 bits per heavy atom. The molecule has 0 aliphatic carbocycles. The van der Waals surface area contributed by atoms with Gasteiger partial charge in [-0.1, -0.05) is 72.1 Å². The highest BCUT2D eigenvalue weighted by Crippen LogP contribution is 2.18. The molecule has 0 amide bonds. The first kappa shape index (κ1) is 20.4. The molecule has 0 rings (SSSR count). The average molecular weight is 299 g/mol. The Bertz CT molecular complexity index is 239. The first-order chi connectivity index (χ1) is 10.2. The molecule has 0 saturated heterocycles. The van der Waals surface area contributed by atoms with Gasteiger partial charge >= 0.3 is 0 Å². The van der Waals surface area contributed by atoms with Crippen molar-refractivity contribution in [1.29, 1.82) is 0 Å². The summed E-state index contributed by atoms with van der Waals surface area (Å²) >= 11 is 0. The number of nitrogens with zero attached hydrogens (tertiary/aromatic N) is 1. The molecule has 0 saturated carbocycles. The highest BCUT2D eigenvalue weighted by Gasteiger charge is 2.12. The Hall–Kier alpha value is -0.570. The molecule has 0 fully saturated rings. The molecule has 0 aliphatic rings. The molecule has 0 aromatic rings. The molecule has 2 unspecified atom stereocenters. The van der Waals surface area contributed by atoms with Crippen LogP contribution in [0, 0.1) is 11.8 Å². The topological polar surface area (TPSA) is 58.6 Å².